The minimum absolute atomic E-state index is 0.170. The molecule has 0 atom stereocenters. The van der Waals surface area contributed by atoms with Gasteiger partial charge in [-0.3, -0.25) is 14.9 Å². The van der Waals surface area contributed by atoms with E-state index in [0.717, 1.165) is 4.90 Å². The Balaban J connectivity index is 1.91. The molecule has 1 heterocycles. The number of thiophene rings is 1. The van der Waals surface area contributed by atoms with Crippen molar-refractivity contribution in [3.05, 3.63) is 47.3 Å². The molecule has 0 saturated carbocycles. The van der Waals surface area contributed by atoms with Gasteiger partial charge in [-0.15, -0.1) is 23.1 Å². The minimum Gasteiger partial charge on any atom is -0.450 e. The third kappa shape index (κ3) is 5.39. The molecule has 0 aliphatic rings. The van der Waals surface area contributed by atoms with Gasteiger partial charge in [0.15, 0.2) is 0 Å². The predicted octanol–water partition coefficient (Wildman–Crippen LogP) is 3.37. The van der Waals surface area contributed by atoms with Crippen LogP contribution >= 0.6 is 23.1 Å². The molecule has 1 aromatic heterocycles. The molecule has 0 saturated heterocycles. The number of carbonyl (C=O) groups is 3. The summed E-state index contributed by atoms with van der Waals surface area (Å²) in [6.07, 6.45) is -0.814. The number of nitrogens with one attached hydrogen (secondary N) is 2. The van der Waals surface area contributed by atoms with Crippen molar-refractivity contribution in [3.8, 4) is 0 Å². The minimum atomic E-state index is -0.814. The van der Waals surface area contributed by atoms with Crippen LogP contribution in [0.1, 0.15) is 17.3 Å². The topological polar surface area (TPSA) is 84.5 Å². The molecular formula is C16H16N2O4S2. The van der Waals surface area contributed by atoms with Crippen LogP contribution in [0.15, 0.2) is 46.7 Å². The van der Waals surface area contributed by atoms with Crippen LogP contribution in [0, 0.1) is 0 Å². The molecule has 0 bridgehead atoms. The summed E-state index contributed by atoms with van der Waals surface area (Å²) in [5.41, 5.74) is 0.228. The Kier molecular flexibility index (Phi) is 6.83. The molecule has 2 aromatic rings. The molecule has 24 heavy (non-hydrogen) atoms. The first-order valence-corrected chi connectivity index (χ1v) is 9.00. The van der Waals surface area contributed by atoms with Gasteiger partial charge in [0.05, 0.1) is 17.9 Å². The Bertz CT molecular complexity index is 716. The maximum absolute atomic E-state index is 12.0. The first kappa shape index (κ1) is 18.0. The average Bonchev–Trinajstić information content (AvgIpc) is 3.02. The van der Waals surface area contributed by atoms with Gasteiger partial charge < -0.3 is 10.1 Å². The monoisotopic (exact) mass is 364 g/mol. The second kappa shape index (κ2) is 9.09. The fraction of sp³-hybridized carbons (Fsp3) is 0.188. The number of anilines is 1. The Morgan fingerprint density at radius 2 is 1.92 bits per heavy atom. The Morgan fingerprint density at radius 1 is 1.17 bits per heavy atom. The van der Waals surface area contributed by atoms with Crippen LogP contribution in [0.25, 0.3) is 0 Å². The molecule has 6 nitrogen and oxygen atoms in total. The summed E-state index contributed by atoms with van der Waals surface area (Å²) in [4.78, 5) is 36.3. The molecule has 8 heteroatoms. The van der Waals surface area contributed by atoms with Crippen molar-refractivity contribution < 1.29 is 19.1 Å². The molecule has 1 aromatic carbocycles. The third-order valence-corrected chi connectivity index (χ3v) is 4.61. The van der Waals surface area contributed by atoms with Crippen LogP contribution in [-0.4, -0.2) is 30.3 Å². The zero-order valence-electron chi connectivity index (χ0n) is 12.9. The number of ether oxygens (including phenoxy) is 1. The van der Waals surface area contributed by atoms with Gasteiger partial charge in [-0.25, -0.2) is 4.79 Å². The number of alkyl carbamates (subject to hydrolysis) is 1. The fourth-order valence-electron chi connectivity index (χ4n) is 1.74. The van der Waals surface area contributed by atoms with E-state index < -0.39 is 12.0 Å². The van der Waals surface area contributed by atoms with Crippen molar-refractivity contribution in [2.45, 2.75) is 11.8 Å². The number of amides is 3. The maximum Gasteiger partial charge on any atom is 0.414 e. The molecule has 0 aliphatic carbocycles. The number of carbonyl (C=O) groups excluding carboxylic acids is 3. The van der Waals surface area contributed by atoms with Crippen molar-refractivity contribution >= 4 is 46.0 Å². The first-order valence-electron chi connectivity index (χ1n) is 7.13. The van der Waals surface area contributed by atoms with Crippen molar-refractivity contribution in [2.75, 3.05) is 17.7 Å². The van der Waals surface area contributed by atoms with Crippen LogP contribution in [0.5, 0.6) is 0 Å². The van der Waals surface area contributed by atoms with E-state index in [-0.39, 0.29) is 23.8 Å². The van der Waals surface area contributed by atoms with E-state index in [1.807, 2.05) is 30.3 Å². The van der Waals surface area contributed by atoms with E-state index in [2.05, 4.69) is 15.4 Å². The summed E-state index contributed by atoms with van der Waals surface area (Å²) in [6.45, 7) is 1.81. The van der Waals surface area contributed by atoms with Crippen molar-refractivity contribution in [3.63, 3.8) is 0 Å². The lowest BCUT2D eigenvalue weighted by Crippen LogP contribution is -2.31. The van der Waals surface area contributed by atoms with Gasteiger partial charge in [0.1, 0.15) is 5.00 Å². The summed E-state index contributed by atoms with van der Waals surface area (Å²) in [7, 11) is 0. The molecule has 0 fully saturated rings. The summed E-state index contributed by atoms with van der Waals surface area (Å²) < 4.78 is 4.66. The van der Waals surface area contributed by atoms with Crippen LogP contribution < -0.4 is 10.6 Å². The van der Waals surface area contributed by atoms with Gasteiger partial charge in [0, 0.05) is 4.90 Å². The van der Waals surface area contributed by atoms with E-state index in [9.17, 15) is 14.4 Å². The summed E-state index contributed by atoms with van der Waals surface area (Å²) in [5.74, 6) is -0.613. The van der Waals surface area contributed by atoms with Crippen molar-refractivity contribution in [2.24, 2.45) is 0 Å². The SMILES string of the molecule is CCOC(=O)NC(=O)c1ccsc1NC(=O)CSc1ccccc1. The van der Waals surface area contributed by atoms with Gasteiger partial charge in [-0.2, -0.15) is 0 Å². The smallest absolute Gasteiger partial charge is 0.414 e. The normalized spacial score (nSPS) is 10.0. The largest absolute Gasteiger partial charge is 0.450 e. The molecule has 3 amide bonds. The fourth-order valence-corrected chi connectivity index (χ4v) is 3.26. The van der Waals surface area contributed by atoms with Gasteiger partial charge in [-0.05, 0) is 30.5 Å². The molecular weight excluding hydrogens is 348 g/mol. The number of benzene rings is 1. The highest BCUT2D eigenvalue weighted by Gasteiger charge is 2.17. The summed E-state index contributed by atoms with van der Waals surface area (Å²) in [6, 6.07) is 11.1. The molecule has 2 N–H and O–H groups in total. The van der Waals surface area contributed by atoms with Crippen LogP contribution in [-0.2, 0) is 9.53 Å². The van der Waals surface area contributed by atoms with Crippen LogP contribution in [0.3, 0.4) is 0 Å². The van der Waals surface area contributed by atoms with Gasteiger partial charge in [0.25, 0.3) is 5.91 Å². The number of imide groups is 1. The zero-order valence-corrected chi connectivity index (χ0v) is 14.5. The van der Waals surface area contributed by atoms with E-state index in [0.29, 0.717) is 5.00 Å². The number of hydrogen-bond donors (Lipinski definition) is 2. The van der Waals surface area contributed by atoms with E-state index in [1.54, 1.807) is 18.4 Å². The summed E-state index contributed by atoms with van der Waals surface area (Å²) >= 11 is 2.61. The number of hydrogen-bond acceptors (Lipinski definition) is 6. The highest BCUT2D eigenvalue weighted by molar-refractivity contribution is 8.00. The molecule has 2 rings (SSSR count). The second-order valence-electron chi connectivity index (χ2n) is 4.49. The third-order valence-electron chi connectivity index (χ3n) is 2.77. The van der Waals surface area contributed by atoms with Crippen molar-refractivity contribution in [1.82, 2.24) is 5.32 Å². The van der Waals surface area contributed by atoms with E-state index in [1.165, 1.54) is 23.1 Å². The zero-order chi connectivity index (χ0) is 17.4. The van der Waals surface area contributed by atoms with Gasteiger partial charge in [-0.1, -0.05) is 18.2 Å². The molecule has 126 valence electrons. The number of thioether (sulfide) groups is 1. The number of rotatable bonds is 6. The van der Waals surface area contributed by atoms with Crippen LogP contribution in [0.2, 0.25) is 0 Å². The quantitative estimate of drug-likeness (QED) is 0.768. The predicted molar refractivity (Wildman–Crippen MR) is 94.6 cm³/mol. The van der Waals surface area contributed by atoms with E-state index >= 15 is 0 Å². The Morgan fingerprint density at radius 3 is 2.62 bits per heavy atom. The molecule has 0 spiro atoms. The van der Waals surface area contributed by atoms with Gasteiger partial charge in [0.2, 0.25) is 5.91 Å². The second-order valence-corrected chi connectivity index (χ2v) is 6.45. The molecule has 0 radical (unpaired) electrons. The Hall–Kier alpha value is -2.32. The average molecular weight is 364 g/mol. The highest BCUT2D eigenvalue weighted by atomic mass is 32.2. The Labute approximate surface area is 147 Å². The van der Waals surface area contributed by atoms with Crippen LogP contribution in [0.4, 0.5) is 9.80 Å². The highest BCUT2D eigenvalue weighted by Crippen LogP contribution is 2.24. The van der Waals surface area contributed by atoms with E-state index in [4.69, 9.17) is 0 Å². The lowest BCUT2D eigenvalue weighted by molar-refractivity contribution is -0.113. The summed E-state index contributed by atoms with van der Waals surface area (Å²) in [5, 5.41) is 6.86. The maximum atomic E-state index is 12.0. The van der Waals surface area contributed by atoms with Gasteiger partial charge >= 0.3 is 6.09 Å². The lowest BCUT2D eigenvalue weighted by Gasteiger charge is -2.07. The first-order chi connectivity index (χ1) is 11.6. The standard InChI is InChI=1S/C16H16N2O4S2/c1-2-22-16(21)18-14(20)12-8-9-23-15(12)17-13(19)10-24-11-6-4-3-5-7-11/h3-9H,2,10H2,1H3,(H,17,19)(H,18,20,21). The molecule has 0 aliphatic heterocycles. The molecule has 0 unspecified atom stereocenters. The lowest BCUT2D eigenvalue weighted by atomic mass is 10.3. The van der Waals surface area contributed by atoms with Crippen molar-refractivity contribution in [1.29, 1.82) is 0 Å².